The quantitative estimate of drug-likeness (QED) is 0.227. The lowest BCUT2D eigenvalue weighted by Crippen LogP contribution is -2.52. The molecule has 196 valence electrons. The largest absolute Gasteiger partial charge is 0.352 e. The van der Waals surface area contributed by atoms with Crippen LogP contribution < -0.4 is 5.32 Å². The van der Waals surface area contributed by atoms with Crippen LogP contribution in [0.4, 0.5) is 0 Å². The maximum Gasteiger partial charge on any atom is 0.243 e. The average molecular weight is 622 g/mol. The molecule has 0 spiro atoms. The van der Waals surface area contributed by atoms with Crippen LogP contribution in [0.1, 0.15) is 37.0 Å². The van der Waals surface area contributed by atoms with Crippen LogP contribution in [0.3, 0.4) is 0 Å². The number of nitrogens with one attached hydrogen (secondary N) is 1. The van der Waals surface area contributed by atoms with Gasteiger partial charge in [-0.15, -0.1) is 11.8 Å². The molecule has 1 N–H and O–H groups in total. The Morgan fingerprint density at radius 1 is 0.946 bits per heavy atom. The number of hydrogen-bond acceptors (Lipinski definition) is 3. The Morgan fingerprint density at radius 3 is 2.22 bits per heavy atom. The van der Waals surface area contributed by atoms with Crippen molar-refractivity contribution < 1.29 is 9.59 Å². The second-order valence-corrected chi connectivity index (χ2v) is 11.6. The van der Waals surface area contributed by atoms with Gasteiger partial charge in [0.2, 0.25) is 11.8 Å². The van der Waals surface area contributed by atoms with Gasteiger partial charge in [0.1, 0.15) is 6.04 Å². The summed E-state index contributed by atoms with van der Waals surface area (Å²) in [5.74, 6) is 0.429. The van der Waals surface area contributed by atoms with Crippen molar-refractivity contribution >= 4 is 62.7 Å². The minimum absolute atomic E-state index is 0.00662. The minimum Gasteiger partial charge on any atom is -0.352 e. The zero-order chi connectivity index (χ0) is 26.8. The zero-order valence-corrected chi connectivity index (χ0v) is 24.8. The summed E-state index contributed by atoms with van der Waals surface area (Å²) in [6.07, 6.45) is 1.23. The van der Waals surface area contributed by atoms with Crippen molar-refractivity contribution in [1.82, 2.24) is 10.2 Å². The number of thioether (sulfide) groups is 1. The van der Waals surface area contributed by atoms with Crippen molar-refractivity contribution in [3.05, 3.63) is 104 Å². The first kappa shape index (κ1) is 29.6. The molecule has 0 radical (unpaired) electrons. The highest BCUT2D eigenvalue weighted by Gasteiger charge is 2.31. The van der Waals surface area contributed by atoms with Gasteiger partial charge in [-0.25, -0.2) is 0 Å². The average Bonchev–Trinajstić information content (AvgIpc) is 2.89. The van der Waals surface area contributed by atoms with Crippen LogP contribution in [0, 0.1) is 0 Å². The molecule has 4 nitrogen and oxygen atoms in total. The number of hydrogen-bond donors (Lipinski definition) is 1. The lowest BCUT2D eigenvalue weighted by Gasteiger charge is -2.32. The molecule has 0 saturated carbocycles. The van der Waals surface area contributed by atoms with Gasteiger partial charge >= 0.3 is 0 Å². The van der Waals surface area contributed by atoms with E-state index in [1.54, 1.807) is 23.1 Å². The van der Waals surface area contributed by atoms with Gasteiger partial charge in [-0.2, -0.15) is 0 Å². The number of carbonyl (C=O) groups excluding carboxylic acids is 2. The van der Waals surface area contributed by atoms with Crippen LogP contribution >= 0.6 is 50.9 Å². The Bertz CT molecular complexity index is 1160. The number of halogens is 3. The molecule has 8 heteroatoms. The maximum atomic E-state index is 13.7. The fourth-order valence-corrected chi connectivity index (χ4v) is 5.69. The normalized spacial score (nSPS) is 12.6. The highest BCUT2D eigenvalue weighted by molar-refractivity contribution is 9.10. The standard InChI is InChI=1S/C29H31BrCl2N2O2S/c1-3-20(2)33-29(36)27(16-21-8-5-4-6-9-21)34(17-22-12-14-23(30)15-13-22)28(35)19-37-18-24-25(31)10-7-11-26(24)32/h4-15,20,27H,3,16-19H2,1-2H3,(H,33,36)/t20-,27-/m1/s1. The van der Waals surface area contributed by atoms with Gasteiger partial charge in [0, 0.05) is 39.3 Å². The number of carbonyl (C=O) groups is 2. The van der Waals surface area contributed by atoms with E-state index >= 15 is 0 Å². The van der Waals surface area contributed by atoms with Crippen molar-refractivity contribution in [2.45, 2.75) is 51.1 Å². The van der Waals surface area contributed by atoms with Crippen LogP contribution in [-0.4, -0.2) is 34.6 Å². The lowest BCUT2D eigenvalue weighted by atomic mass is 10.0. The van der Waals surface area contributed by atoms with Crippen molar-refractivity contribution in [2.24, 2.45) is 0 Å². The molecule has 0 bridgehead atoms. The van der Waals surface area contributed by atoms with Crippen LogP contribution in [0.5, 0.6) is 0 Å². The van der Waals surface area contributed by atoms with Crippen molar-refractivity contribution in [1.29, 1.82) is 0 Å². The van der Waals surface area contributed by atoms with Gasteiger partial charge in [0.15, 0.2) is 0 Å². The van der Waals surface area contributed by atoms with Gasteiger partial charge in [0.05, 0.1) is 5.75 Å². The summed E-state index contributed by atoms with van der Waals surface area (Å²) in [5.41, 5.74) is 2.75. The van der Waals surface area contributed by atoms with E-state index in [0.717, 1.165) is 27.6 Å². The highest BCUT2D eigenvalue weighted by Crippen LogP contribution is 2.28. The molecular formula is C29H31BrCl2N2O2S. The Kier molecular flexibility index (Phi) is 11.8. The Hall–Kier alpha value is -1.99. The van der Waals surface area contributed by atoms with Gasteiger partial charge in [0.25, 0.3) is 0 Å². The van der Waals surface area contributed by atoms with E-state index in [-0.39, 0.29) is 23.6 Å². The van der Waals surface area contributed by atoms with Crippen LogP contribution in [0.25, 0.3) is 0 Å². The Morgan fingerprint density at radius 2 is 1.59 bits per heavy atom. The third kappa shape index (κ3) is 9.06. The summed E-state index contributed by atoms with van der Waals surface area (Å²) in [6, 6.07) is 22.4. The predicted molar refractivity (Wildman–Crippen MR) is 159 cm³/mol. The summed E-state index contributed by atoms with van der Waals surface area (Å²) >= 11 is 17.6. The molecule has 3 rings (SSSR count). The fraction of sp³-hybridized carbons (Fsp3) is 0.310. The molecule has 0 aliphatic heterocycles. The maximum absolute atomic E-state index is 13.7. The number of benzene rings is 3. The Balaban J connectivity index is 1.87. The molecule has 0 fully saturated rings. The van der Waals surface area contributed by atoms with E-state index < -0.39 is 6.04 Å². The third-order valence-electron chi connectivity index (χ3n) is 6.07. The van der Waals surface area contributed by atoms with Gasteiger partial charge in [-0.05, 0) is 54.3 Å². The molecule has 37 heavy (non-hydrogen) atoms. The highest BCUT2D eigenvalue weighted by atomic mass is 79.9. The minimum atomic E-state index is -0.656. The molecule has 2 atom stereocenters. The molecule has 3 aromatic rings. The number of amides is 2. The van der Waals surface area contributed by atoms with E-state index in [1.165, 1.54) is 11.8 Å². The second-order valence-electron chi connectivity index (χ2n) is 8.86. The molecule has 0 heterocycles. The molecule has 0 saturated heterocycles. The second kappa shape index (κ2) is 14.8. The molecule has 0 aromatic heterocycles. The summed E-state index contributed by atoms with van der Waals surface area (Å²) in [7, 11) is 0. The third-order valence-corrected chi connectivity index (χ3v) is 8.25. The lowest BCUT2D eigenvalue weighted by molar-refractivity contribution is -0.139. The molecule has 0 aliphatic carbocycles. The van der Waals surface area contributed by atoms with Crippen LogP contribution in [0.15, 0.2) is 77.3 Å². The number of rotatable bonds is 12. The van der Waals surface area contributed by atoms with E-state index in [1.807, 2.05) is 68.4 Å². The molecular weight excluding hydrogens is 591 g/mol. The monoisotopic (exact) mass is 620 g/mol. The van der Waals surface area contributed by atoms with E-state index in [4.69, 9.17) is 23.2 Å². The van der Waals surface area contributed by atoms with Gasteiger partial charge in [-0.1, -0.05) is 94.6 Å². The fourth-order valence-electron chi connectivity index (χ4n) is 3.78. The van der Waals surface area contributed by atoms with Crippen LogP contribution in [-0.2, 0) is 28.3 Å². The first-order valence-electron chi connectivity index (χ1n) is 12.2. The van der Waals surface area contributed by atoms with E-state index in [0.29, 0.717) is 28.8 Å². The first-order chi connectivity index (χ1) is 17.8. The van der Waals surface area contributed by atoms with Crippen molar-refractivity contribution in [2.75, 3.05) is 5.75 Å². The van der Waals surface area contributed by atoms with Crippen molar-refractivity contribution in [3.8, 4) is 0 Å². The smallest absolute Gasteiger partial charge is 0.243 e. The summed E-state index contributed by atoms with van der Waals surface area (Å²) in [4.78, 5) is 29.0. The number of nitrogens with zero attached hydrogens (tertiary/aromatic N) is 1. The molecule has 3 aromatic carbocycles. The topological polar surface area (TPSA) is 49.4 Å². The predicted octanol–water partition coefficient (Wildman–Crippen LogP) is 7.54. The molecule has 2 amide bonds. The van der Waals surface area contributed by atoms with E-state index in [2.05, 4.69) is 21.2 Å². The van der Waals surface area contributed by atoms with Gasteiger partial charge in [-0.3, -0.25) is 9.59 Å². The first-order valence-corrected chi connectivity index (χ1v) is 14.9. The zero-order valence-electron chi connectivity index (χ0n) is 20.9. The van der Waals surface area contributed by atoms with Crippen molar-refractivity contribution in [3.63, 3.8) is 0 Å². The molecule has 0 unspecified atom stereocenters. The van der Waals surface area contributed by atoms with Crippen LogP contribution in [0.2, 0.25) is 10.0 Å². The van der Waals surface area contributed by atoms with Gasteiger partial charge < -0.3 is 10.2 Å². The summed E-state index contributed by atoms with van der Waals surface area (Å²) < 4.78 is 0.955. The van der Waals surface area contributed by atoms with E-state index in [9.17, 15) is 9.59 Å². The molecule has 0 aliphatic rings. The SMILES string of the molecule is CC[C@@H](C)NC(=O)[C@@H](Cc1ccccc1)N(Cc1ccc(Br)cc1)C(=O)CSCc1c(Cl)cccc1Cl. The Labute approximate surface area is 242 Å². The summed E-state index contributed by atoms with van der Waals surface area (Å²) in [6.45, 7) is 4.32. The summed E-state index contributed by atoms with van der Waals surface area (Å²) in [5, 5.41) is 4.25.